The van der Waals surface area contributed by atoms with Crippen LogP contribution in [-0.4, -0.2) is 44.5 Å². The standard InChI is InChI=1S/C26H29N3O4S.ClH/c1-18-26(19-7-4-3-5-8-19)23-12-11-22(16-24(23)28-18)33-14-13-27-17-25(30)20-9-6-10-21(15-20)29-34(2,31)32;/h3-12,15-16,25,27-30H,13-14,17H2,1-2H3;1H/t25-;/m0./s1. The molecule has 186 valence electrons. The van der Waals surface area contributed by atoms with Gasteiger partial charge in [0.15, 0.2) is 0 Å². The van der Waals surface area contributed by atoms with Crippen molar-refractivity contribution in [1.82, 2.24) is 10.3 Å². The number of aromatic nitrogens is 1. The minimum atomic E-state index is -3.37. The molecule has 0 fully saturated rings. The number of anilines is 1. The highest BCUT2D eigenvalue weighted by Crippen LogP contribution is 2.33. The van der Waals surface area contributed by atoms with E-state index in [-0.39, 0.29) is 12.4 Å². The highest BCUT2D eigenvalue weighted by atomic mass is 35.5. The van der Waals surface area contributed by atoms with Gasteiger partial charge in [0, 0.05) is 47.0 Å². The zero-order valence-electron chi connectivity index (χ0n) is 19.6. The lowest BCUT2D eigenvalue weighted by atomic mass is 10.0. The van der Waals surface area contributed by atoms with Crippen molar-refractivity contribution in [2.75, 3.05) is 30.7 Å². The van der Waals surface area contributed by atoms with Crippen LogP contribution in [0.25, 0.3) is 22.0 Å². The summed E-state index contributed by atoms with van der Waals surface area (Å²) < 4.78 is 31.1. The maximum atomic E-state index is 11.4. The number of nitrogens with one attached hydrogen (secondary N) is 3. The largest absolute Gasteiger partial charge is 0.492 e. The Morgan fingerprint density at radius 1 is 1.03 bits per heavy atom. The second-order valence-electron chi connectivity index (χ2n) is 8.27. The molecular formula is C26H30ClN3O4S. The number of aliphatic hydroxyl groups excluding tert-OH is 1. The van der Waals surface area contributed by atoms with Gasteiger partial charge < -0.3 is 20.1 Å². The fourth-order valence-electron chi connectivity index (χ4n) is 4.00. The monoisotopic (exact) mass is 515 g/mol. The number of rotatable bonds is 10. The van der Waals surface area contributed by atoms with Crippen LogP contribution >= 0.6 is 12.4 Å². The molecule has 4 N–H and O–H groups in total. The Balaban J connectivity index is 0.00000342. The molecule has 0 bridgehead atoms. The summed E-state index contributed by atoms with van der Waals surface area (Å²) in [6.45, 7) is 3.39. The summed E-state index contributed by atoms with van der Waals surface area (Å²) in [5, 5.41) is 14.7. The van der Waals surface area contributed by atoms with Gasteiger partial charge in [0.2, 0.25) is 10.0 Å². The highest BCUT2D eigenvalue weighted by Gasteiger charge is 2.12. The van der Waals surface area contributed by atoms with Crippen LogP contribution in [0.2, 0.25) is 0 Å². The number of fused-ring (bicyclic) bond motifs is 1. The van der Waals surface area contributed by atoms with E-state index in [0.29, 0.717) is 30.9 Å². The van der Waals surface area contributed by atoms with Crippen molar-refractivity contribution in [3.8, 4) is 16.9 Å². The average Bonchev–Trinajstić information content (AvgIpc) is 3.13. The first kappa shape index (κ1) is 26.6. The average molecular weight is 516 g/mol. The predicted molar refractivity (Wildman–Crippen MR) is 144 cm³/mol. The molecule has 0 aliphatic rings. The molecule has 3 aromatic carbocycles. The van der Waals surface area contributed by atoms with Crippen LogP contribution in [0.15, 0.2) is 72.8 Å². The topological polar surface area (TPSA) is 103 Å². The van der Waals surface area contributed by atoms with E-state index in [1.165, 1.54) is 11.1 Å². The lowest BCUT2D eigenvalue weighted by Gasteiger charge is -2.14. The van der Waals surface area contributed by atoms with E-state index in [1.54, 1.807) is 24.3 Å². The van der Waals surface area contributed by atoms with Crippen LogP contribution in [0.1, 0.15) is 17.4 Å². The highest BCUT2D eigenvalue weighted by molar-refractivity contribution is 7.92. The fraction of sp³-hybridized carbons (Fsp3) is 0.231. The summed E-state index contributed by atoms with van der Waals surface area (Å²) in [5.41, 5.74) is 5.58. The lowest BCUT2D eigenvalue weighted by Crippen LogP contribution is -2.26. The van der Waals surface area contributed by atoms with Crippen molar-refractivity contribution in [3.63, 3.8) is 0 Å². The summed E-state index contributed by atoms with van der Waals surface area (Å²) in [4.78, 5) is 3.45. The first-order valence-electron chi connectivity index (χ1n) is 11.1. The summed E-state index contributed by atoms with van der Waals surface area (Å²) in [6.07, 6.45) is 0.324. The zero-order chi connectivity index (χ0) is 24.1. The Morgan fingerprint density at radius 2 is 1.80 bits per heavy atom. The molecule has 0 saturated heterocycles. The van der Waals surface area contributed by atoms with Gasteiger partial charge in [-0.25, -0.2) is 8.42 Å². The van der Waals surface area contributed by atoms with Crippen LogP contribution in [0, 0.1) is 6.92 Å². The number of aliphatic hydroxyl groups is 1. The van der Waals surface area contributed by atoms with Crippen LogP contribution in [0.4, 0.5) is 5.69 Å². The second-order valence-corrected chi connectivity index (χ2v) is 10.0. The smallest absolute Gasteiger partial charge is 0.229 e. The molecule has 0 radical (unpaired) electrons. The van der Waals surface area contributed by atoms with Gasteiger partial charge in [-0.3, -0.25) is 4.72 Å². The molecule has 4 rings (SSSR count). The molecule has 1 atom stereocenters. The number of ether oxygens (including phenoxy) is 1. The van der Waals surface area contributed by atoms with Crippen molar-refractivity contribution in [3.05, 3.63) is 84.1 Å². The summed E-state index contributed by atoms with van der Waals surface area (Å²) in [6, 6.07) is 23.1. The Hall–Kier alpha value is -3.04. The molecule has 0 saturated carbocycles. The van der Waals surface area contributed by atoms with Crippen LogP contribution in [-0.2, 0) is 10.0 Å². The summed E-state index contributed by atoms with van der Waals surface area (Å²) in [7, 11) is -3.37. The summed E-state index contributed by atoms with van der Waals surface area (Å²) in [5.74, 6) is 0.773. The van der Waals surface area contributed by atoms with E-state index in [4.69, 9.17) is 4.74 Å². The normalized spacial score (nSPS) is 12.2. The van der Waals surface area contributed by atoms with Gasteiger partial charge in [-0.2, -0.15) is 0 Å². The summed E-state index contributed by atoms with van der Waals surface area (Å²) >= 11 is 0. The minimum Gasteiger partial charge on any atom is -0.492 e. The third-order valence-corrected chi connectivity index (χ3v) is 6.09. The van der Waals surface area contributed by atoms with Crippen LogP contribution in [0.3, 0.4) is 0 Å². The van der Waals surface area contributed by atoms with Crippen LogP contribution < -0.4 is 14.8 Å². The molecule has 0 spiro atoms. The Bertz CT molecular complexity index is 1370. The molecule has 35 heavy (non-hydrogen) atoms. The molecule has 0 amide bonds. The zero-order valence-corrected chi connectivity index (χ0v) is 21.2. The molecule has 1 heterocycles. The fourth-order valence-corrected chi connectivity index (χ4v) is 4.55. The number of halogens is 1. The Morgan fingerprint density at radius 3 is 2.54 bits per heavy atom. The first-order chi connectivity index (χ1) is 16.3. The number of aryl methyl sites for hydroxylation is 1. The van der Waals surface area contributed by atoms with Gasteiger partial charge in [0.1, 0.15) is 12.4 Å². The second kappa shape index (κ2) is 11.6. The van der Waals surface area contributed by atoms with Gasteiger partial charge in [0.05, 0.1) is 12.4 Å². The third kappa shape index (κ3) is 6.99. The minimum absolute atomic E-state index is 0. The van der Waals surface area contributed by atoms with Gasteiger partial charge in [-0.05, 0) is 42.3 Å². The predicted octanol–water partition coefficient (Wildman–Crippen LogP) is 4.64. The van der Waals surface area contributed by atoms with E-state index in [1.807, 2.05) is 30.3 Å². The Kier molecular flexibility index (Phi) is 8.80. The van der Waals surface area contributed by atoms with E-state index in [0.717, 1.165) is 28.6 Å². The maximum Gasteiger partial charge on any atom is 0.229 e. The molecule has 1 aromatic heterocycles. The molecule has 7 nitrogen and oxygen atoms in total. The number of hydrogen-bond donors (Lipinski definition) is 4. The molecule has 0 aliphatic heterocycles. The van der Waals surface area contributed by atoms with Crippen molar-refractivity contribution in [2.24, 2.45) is 0 Å². The van der Waals surface area contributed by atoms with E-state index in [2.05, 4.69) is 40.1 Å². The van der Waals surface area contributed by atoms with Crippen molar-refractivity contribution < 1.29 is 18.3 Å². The lowest BCUT2D eigenvalue weighted by molar-refractivity contribution is 0.172. The number of benzene rings is 3. The quantitative estimate of drug-likeness (QED) is 0.230. The third-order valence-electron chi connectivity index (χ3n) is 5.48. The maximum absolute atomic E-state index is 11.4. The molecule has 9 heteroatoms. The van der Waals surface area contributed by atoms with Gasteiger partial charge in [-0.15, -0.1) is 12.4 Å². The molecular weight excluding hydrogens is 486 g/mol. The van der Waals surface area contributed by atoms with Gasteiger partial charge in [0.25, 0.3) is 0 Å². The number of hydrogen-bond acceptors (Lipinski definition) is 5. The van der Waals surface area contributed by atoms with E-state index < -0.39 is 16.1 Å². The SMILES string of the molecule is Cc1[nH]c2cc(OCCNC[C@H](O)c3cccc(NS(C)(=O)=O)c3)ccc2c1-c1ccccc1.Cl. The van der Waals surface area contributed by atoms with Gasteiger partial charge >= 0.3 is 0 Å². The van der Waals surface area contributed by atoms with E-state index >= 15 is 0 Å². The number of H-pyrrole nitrogens is 1. The Labute approximate surface area is 212 Å². The van der Waals surface area contributed by atoms with E-state index in [9.17, 15) is 13.5 Å². The van der Waals surface area contributed by atoms with Crippen molar-refractivity contribution >= 4 is 39.0 Å². The number of aromatic amines is 1. The molecule has 4 aromatic rings. The first-order valence-corrected chi connectivity index (χ1v) is 13.0. The van der Waals surface area contributed by atoms with Crippen molar-refractivity contribution in [1.29, 1.82) is 0 Å². The number of sulfonamides is 1. The molecule has 0 aliphatic carbocycles. The van der Waals surface area contributed by atoms with Crippen molar-refractivity contribution in [2.45, 2.75) is 13.0 Å². The van der Waals surface area contributed by atoms with Crippen LogP contribution in [0.5, 0.6) is 5.75 Å². The van der Waals surface area contributed by atoms with Gasteiger partial charge in [-0.1, -0.05) is 42.5 Å². The molecule has 0 unspecified atom stereocenters.